The molecule has 0 radical (unpaired) electrons. The van der Waals surface area contributed by atoms with Crippen molar-refractivity contribution < 1.29 is 27.4 Å². The van der Waals surface area contributed by atoms with Crippen molar-refractivity contribution in [2.45, 2.75) is 90.5 Å². The molecule has 0 bridgehead atoms. The van der Waals surface area contributed by atoms with Gasteiger partial charge in [-0.05, 0) is 59.1 Å². The Hall–Kier alpha value is -3.28. The Bertz CT molecular complexity index is 1160. The van der Waals surface area contributed by atoms with Crippen molar-refractivity contribution in [1.82, 2.24) is 19.9 Å². The number of nitrogens with one attached hydrogen (secondary N) is 2. The molecule has 0 unspecified atom stereocenters. The van der Waals surface area contributed by atoms with Gasteiger partial charge in [0.2, 0.25) is 11.9 Å². The molecule has 0 atom stereocenters. The fraction of sp³-hybridized carbons (Fsp3) is 0.593. The van der Waals surface area contributed by atoms with Crippen molar-refractivity contribution in [2.75, 3.05) is 23.8 Å². The van der Waals surface area contributed by atoms with E-state index in [1.807, 2.05) is 5.01 Å². The number of carbonyl (C=O) groups excluding carboxylic acids is 1. The van der Waals surface area contributed by atoms with Gasteiger partial charge in [0.25, 0.3) is 0 Å². The SMILES string of the molecule is CC(=O)N1CCC(Oc2ccc(Nc3ncc(F)c(NN4C(C)(C)CCCC4(C)C)n3)cc2OC(F)F)CC1. The molecule has 0 saturated carbocycles. The Morgan fingerprint density at radius 3 is 2.38 bits per heavy atom. The van der Waals surface area contributed by atoms with Crippen molar-refractivity contribution in [2.24, 2.45) is 0 Å². The molecule has 2 aromatic rings. The molecular formula is C27H37F3N6O3. The number of piperidine rings is 2. The van der Waals surface area contributed by atoms with E-state index in [1.165, 1.54) is 19.1 Å². The summed E-state index contributed by atoms with van der Waals surface area (Å²) in [4.78, 5) is 21.6. The van der Waals surface area contributed by atoms with Crippen LogP contribution in [0.5, 0.6) is 11.5 Å². The summed E-state index contributed by atoms with van der Waals surface area (Å²) in [6, 6.07) is 4.51. The maximum Gasteiger partial charge on any atom is 0.387 e. The normalized spacial score (nSPS) is 19.6. The van der Waals surface area contributed by atoms with Crippen molar-refractivity contribution in [1.29, 1.82) is 0 Å². The molecule has 0 aliphatic carbocycles. The fourth-order valence-electron chi connectivity index (χ4n) is 5.38. The van der Waals surface area contributed by atoms with Gasteiger partial charge in [0.1, 0.15) is 6.10 Å². The molecular weight excluding hydrogens is 513 g/mol. The van der Waals surface area contributed by atoms with E-state index >= 15 is 0 Å². The third kappa shape index (κ3) is 7.03. The van der Waals surface area contributed by atoms with Gasteiger partial charge in [0.05, 0.1) is 6.20 Å². The van der Waals surface area contributed by atoms with Gasteiger partial charge in [-0.1, -0.05) is 0 Å². The predicted octanol–water partition coefficient (Wildman–Crippen LogP) is 5.72. The molecule has 1 aromatic heterocycles. The Morgan fingerprint density at radius 2 is 1.77 bits per heavy atom. The fourth-order valence-corrected chi connectivity index (χ4v) is 5.38. The van der Waals surface area contributed by atoms with Crippen LogP contribution in [0, 0.1) is 5.82 Å². The number of rotatable bonds is 8. The highest BCUT2D eigenvalue weighted by Crippen LogP contribution is 2.38. The quantitative estimate of drug-likeness (QED) is 0.431. The van der Waals surface area contributed by atoms with E-state index < -0.39 is 12.4 Å². The maximum absolute atomic E-state index is 14.7. The van der Waals surface area contributed by atoms with Crippen LogP contribution in [0.1, 0.15) is 66.7 Å². The van der Waals surface area contributed by atoms with Gasteiger partial charge in [-0.2, -0.15) is 13.8 Å². The summed E-state index contributed by atoms with van der Waals surface area (Å²) in [5, 5.41) is 4.97. The molecule has 2 saturated heterocycles. The lowest BCUT2D eigenvalue weighted by molar-refractivity contribution is -0.130. The molecule has 2 aliphatic heterocycles. The van der Waals surface area contributed by atoms with Crippen LogP contribution >= 0.6 is 0 Å². The lowest BCUT2D eigenvalue weighted by Crippen LogP contribution is -2.61. The van der Waals surface area contributed by atoms with Crippen LogP contribution in [0.15, 0.2) is 24.4 Å². The highest BCUT2D eigenvalue weighted by atomic mass is 19.3. The molecule has 4 rings (SSSR count). The first-order chi connectivity index (χ1) is 18.3. The summed E-state index contributed by atoms with van der Waals surface area (Å²) in [5.41, 5.74) is 3.06. The highest BCUT2D eigenvalue weighted by Gasteiger charge is 2.42. The van der Waals surface area contributed by atoms with E-state index in [9.17, 15) is 18.0 Å². The van der Waals surface area contributed by atoms with Crippen LogP contribution in [0.2, 0.25) is 0 Å². The molecule has 3 heterocycles. The van der Waals surface area contributed by atoms with E-state index in [-0.39, 0.29) is 46.4 Å². The van der Waals surface area contributed by atoms with Crippen molar-refractivity contribution in [3.05, 3.63) is 30.2 Å². The molecule has 9 nitrogen and oxygen atoms in total. The number of ether oxygens (including phenoxy) is 2. The van der Waals surface area contributed by atoms with Crippen molar-refractivity contribution in [3.63, 3.8) is 0 Å². The molecule has 2 aliphatic rings. The maximum atomic E-state index is 14.7. The number of benzene rings is 1. The summed E-state index contributed by atoms with van der Waals surface area (Å²) < 4.78 is 51.8. The average molecular weight is 551 g/mol. The van der Waals surface area contributed by atoms with Gasteiger partial charge >= 0.3 is 6.61 Å². The van der Waals surface area contributed by atoms with Gasteiger partial charge in [-0.25, -0.2) is 14.4 Å². The Balaban J connectivity index is 1.50. The number of carbonyl (C=O) groups is 1. The summed E-state index contributed by atoms with van der Waals surface area (Å²) in [5.74, 6) is -0.508. The van der Waals surface area contributed by atoms with Gasteiger partial charge in [0, 0.05) is 55.7 Å². The second kappa shape index (κ2) is 11.4. The summed E-state index contributed by atoms with van der Waals surface area (Å²) in [6.07, 6.45) is 4.93. The van der Waals surface area contributed by atoms with Gasteiger partial charge in [-0.15, -0.1) is 0 Å². The van der Waals surface area contributed by atoms with Crippen molar-refractivity contribution >= 4 is 23.4 Å². The first kappa shape index (κ1) is 28.7. The zero-order valence-electron chi connectivity index (χ0n) is 23.1. The number of aromatic nitrogens is 2. The Morgan fingerprint density at radius 1 is 1.10 bits per heavy atom. The lowest BCUT2D eigenvalue weighted by atomic mass is 9.81. The zero-order chi connectivity index (χ0) is 28.4. The summed E-state index contributed by atoms with van der Waals surface area (Å²) in [6.45, 7) is 7.92. The molecule has 0 spiro atoms. The molecule has 1 amide bonds. The van der Waals surface area contributed by atoms with Gasteiger partial charge < -0.3 is 19.7 Å². The number of halogens is 3. The molecule has 1 aromatic carbocycles. The zero-order valence-corrected chi connectivity index (χ0v) is 23.1. The third-order valence-corrected chi connectivity index (χ3v) is 7.35. The minimum atomic E-state index is -3.06. The largest absolute Gasteiger partial charge is 0.486 e. The number of likely N-dealkylation sites (tertiary alicyclic amines) is 1. The van der Waals surface area contributed by atoms with E-state index in [0.717, 1.165) is 25.5 Å². The van der Waals surface area contributed by atoms with Crippen LogP contribution in [0.25, 0.3) is 0 Å². The van der Waals surface area contributed by atoms with Crippen LogP contribution in [-0.4, -0.2) is 62.7 Å². The predicted molar refractivity (Wildman–Crippen MR) is 142 cm³/mol. The number of amides is 1. The molecule has 214 valence electrons. The number of hydrazine groups is 1. The second-order valence-electron chi connectivity index (χ2n) is 11.3. The number of hydrogen-bond acceptors (Lipinski definition) is 8. The topological polar surface area (TPSA) is 91.8 Å². The number of hydrogen-bond donors (Lipinski definition) is 2. The first-order valence-corrected chi connectivity index (χ1v) is 13.2. The van der Waals surface area contributed by atoms with Gasteiger partial charge in [0.15, 0.2) is 23.1 Å². The van der Waals surface area contributed by atoms with Crippen LogP contribution < -0.4 is 20.2 Å². The molecule has 2 fully saturated rings. The smallest absolute Gasteiger partial charge is 0.387 e. The number of alkyl halides is 2. The molecule has 2 N–H and O–H groups in total. The third-order valence-electron chi connectivity index (χ3n) is 7.35. The standard InChI is InChI=1S/C27H37F3N6O3/c1-17(37)35-13-9-19(10-14-35)38-21-8-7-18(15-22(21)39-24(29)30)32-25-31-16-20(28)23(33-25)34-36-26(2,3)11-6-12-27(36,4)5/h7-8,15-16,19,24H,6,9-14H2,1-5H3,(H2,31,32,33,34). The van der Waals surface area contributed by atoms with Crippen LogP contribution in [-0.2, 0) is 4.79 Å². The second-order valence-corrected chi connectivity index (χ2v) is 11.3. The first-order valence-electron chi connectivity index (χ1n) is 13.2. The van der Waals surface area contributed by atoms with Crippen molar-refractivity contribution in [3.8, 4) is 11.5 Å². The number of anilines is 3. The minimum absolute atomic E-state index is 0.00433. The lowest BCUT2D eigenvalue weighted by Gasteiger charge is -2.52. The molecule has 39 heavy (non-hydrogen) atoms. The van der Waals surface area contributed by atoms with E-state index in [1.54, 1.807) is 11.0 Å². The Labute approximate surface area is 227 Å². The monoisotopic (exact) mass is 550 g/mol. The highest BCUT2D eigenvalue weighted by molar-refractivity contribution is 5.73. The average Bonchev–Trinajstić information content (AvgIpc) is 2.84. The minimum Gasteiger partial charge on any atom is -0.486 e. The summed E-state index contributed by atoms with van der Waals surface area (Å²) >= 11 is 0. The van der Waals surface area contributed by atoms with Crippen LogP contribution in [0.3, 0.4) is 0 Å². The van der Waals surface area contributed by atoms with Crippen LogP contribution in [0.4, 0.5) is 30.6 Å². The number of nitrogens with zero attached hydrogens (tertiary/aromatic N) is 4. The Kier molecular flexibility index (Phi) is 8.43. The van der Waals surface area contributed by atoms with E-state index in [0.29, 0.717) is 31.6 Å². The van der Waals surface area contributed by atoms with E-state index in [2.05, 4.69) is 48.4 Å². The van der Waals surface area contributed by atoms with E-state index in [4.69, 9.17) is 9.47 Å². The van der Waals surface area contributed by atoms with Gasteiger partial charge in [-0.3, -0.25) is 10.2 Å². The summed E-state index contributed by atoms with van der Waals surface area (Å²) in [7, 11) is 0. The molecule has 12 heteroatoms.